The number of rotatable bonds is 2. The van der Waals surface area contributed by atoms with Crippen LogP contribution < -0.4 is 5.73 Å². The number of nitrogen functional groups attached to an aromatic ring is 1. The third kappa shape index (κ3) is 1.89. The molecule has 0 fully saturated rings. The molecule has 16 heavy (non-hydrogen) atoms. The van der Waals surface area contributed by atoms with Crippen LogP contribution in [-0.2, 0) is 5.92 Å². The maximum Gasteiger partial charge on any atom is 0.298 e. The first kappa shape index (κ1) is 10.6. The van der Waals surface area contributed by atoms with E-state index < -0.39 is 5.92 Å². The Morgan fingerprint density at radius 1 is 0.812 bits per heavy atom. The highest BCUT2D eigenvalue weighted by molar-refractivity contribution is 5.44. The molecule has 0 heterocycles. The third-order valence-electron chi connectivity index (χ3n) is 2.39. The maximum atomic E-state index is 14.0. The van der Waals surface area contributed by atoms with Crippen LogP contribution in [0, 0.1) is 0 Å². The molecule has 0 unspecified atom stereocenters. The van der Waals surface area contributed by atoms with E-state index >= 15 is 0 Å². The van der Waals surface area contributed by atoms with Crippen molar-refractivity contribution in [2.45, 2.75) is 5.92 Å². The van der Waals surface area contributed by atoms with Gasteiger partial charge in [0.15, 0.2) is 0 Å². The molecule has 3 heteroatoms. The number of halogens is 2. The fourth-order valence-electron chi connectivity index (χ4n) is 1.55. The zero-order valence-electron chi connectivity index (χ0n) is 8.53. The molecule has 0 atom stereocenters. The summed E-state index contributed by atoms with van der Waals surface area (Å²) >= 11 is 0. The van der Waals surface area contributed by atoms with Gasteiger partial charge in [-0.15, -0.1) is 0 Å². The van der Waals surface area contributed by atoms with Crippen molar-refractivity contribution in [2.24, 2.45) is 0 Å². The van der Waals surface area contributed by atoms with E-state index in [2.05, 4.69) is 0 Å². The van der Waals surface area contributed by atoms with Crippen molar-refractivity contribution in [3.05, 3.63) is 65.7 Å². The van der Waals surface area contributed by atoms with Crippen LogP contribution in [0.25, 0.3) is 0 Å². The van der Waals surface area contributed by atoms with Crippen molar-refractivity contribution in [1.29, 1.82) is 0 Å². The molecule has 0 amide bonds. The minimum absolute atomic E-state index is 0.0272. The summed E-state index contributed by atoms with van der Waals surface area (Å²) in [4.78, 5) is 0. The Kier molecular flexibility index (Phi) is 2.60. The number of anilines is 1. The largest absolute Gasteiger partial charge is 0.399 e. The predicted octanol–water partition coefficient (Wildman–Crippen LogP) is 3.41. The van der Waals surface area contributed by atoms with Crippen LogP contribution in [0.4, 0.5) is 14.5 Å². The third-order valence-corrected chi connectivity index (χ3v) is 2.39. The first-order valence-electron chi connectivity index (χ1n) is 4.90. The molecule has 2 rings (SSSR count). The SMILES string of the molecule is Nc1cccc(C(F)(F)c2ccccc2)c1. The van der Waals surface area contributed by atoms with Gasteiger partial charge in [0.05, 0.1) is 0 Å². The van der Waals surface area contributed by atoms with Crippen molar-refractivity contribution >= 4 is 5.69 Å². The lowest BCUT2D eigenvalue weighted by atomic mass is 10.0. The number of hydrogen-bond acceptors (Lipinski definition) is 1. The smallest absolute Gasteiger partial charge is 0.298 e. The summed E-state index contributed by atoms with van der Waals surface area (Å²) in [7, 11) is 0. The average molecular weight is 219 g/mol. The summed E-state index contributed by atoms with van der Waals surface area (Å²) < 4.78 is 28.0. The highest BCUT2D eigenvalue weighted by Crippen LogP contribution is 2.35. The Hall–Kier alpha value is -1.90. The lowest BCUT2D eigenvalue weighted by molar-refractivity contribution is 0.0429. The van der Waals surface area contributed by atoms with E-state index in [1.54, 1.807) is 24.3 Å². The molecule has 82 valence electrons. The van der Waals surface area contributed by atoms with Crippen molar-refractivity contribution in [2.75, 3.05) is 5.73 Å². The van der Waals surface area contributed by atoms with E-state index in [1.165, 1.54) is 30.3 Å². The second-order valence-corrected chi connectivity index (χ2v) is 3.57. The van der Waals surface area contributed by atoms with Crippen LogP contribution in [0.1, 0.15) is 11.1 Å². The lowest BCUT2D eigenvalue weighted by Crippen LogP contribution is -2.15. The van der Waals surface area contributed by atoms with Gasteiger partial charge < -0.3 is 5.73 Å². The fraction of sp³-hybridized carbons (Fsp3) is 0.0769. The van der Waals surface area contributed by atoms with E-state index in [0.29, 0.717) is 5.69 Å². The standard InChI is InChI=1S/C13H11F2N/c14-13(15,10-5-2-1-3-6-10)11-7-4-8-12(16)9-11/h1-9H,16H2. The lowest BCUT2D eigenvalue weighted by Gasteiger charge is -2.17. The second kappa shape index (κ2) is 3.93. The molecule has 0 bridgehead atoms. The average Bonchev–Trinajstić information content (AvgIpc) is 2.30. The van der Waals surface area contributed by atoms with Crippen LogP contribution in [-0.4, -0.2) is 0 Å². The van der Waals surface area contributed by atoms with Crippen LogP contribution in [0.2, 0.25) is 0 Å². The van der Waals surface area contributed by atoms with Gasteiger partial charge in [0.2, 0.25) is 0 Å². The molecule has 0 aliphatic carbocycles. The highest BCUT2D eigenvalue weighted by atomic mass is 19.3. The number of nitrogens with two attached hydrogens (primary N) is 1. The molecule has 0 aliphatic rings. The zero-order chi connectivity index (χ0) is 11.6. The van der Waals surface area contributed by atoms with Crippen LogP contribution in [0.15, 0.2) is 54.6 Å². The van der Waals surface area contributed by atoms with Crippen molar-refractivity contribution in [3.63, 3.8) is 0 Å². The zero-order valence-corrected chi connectivity index (χ0v) is 8.53. The first-order chi connectivity index (χ1) is 7.60. The second-order valence-electron chi connectivity index (χ2n) is 3.57. The van der Waals surface area contributed by atoms with Crippen LogP contribution >= 0.6 is 0 Å². The molecule has 2 aromatic rings. The molecule has 0 aliphatic heterocycles. The molecule has 0 spiro atoms. The summed E-state index contributed by atoms with van der Waals surface area (Å²) in [6, 6.07) is 13.5. The van der Waals surface area contributed by atoms with E-state index in [4.69, 9.17) is 5.73 Å². The van der Waals surface area contributed by atoms with Gasteiger partial charge >= 0.3 is 0 Å². The van der Waals surface area contributed by atoms with Crippen LogP contribution in [0.5, 0.6) is 0 Å². The van der Waals surface area contributed by atoms with Gasteiger partial charge in [-0.05, 0) is 12.1 Å². The number of benzene rings is 2. The summed E-state index contributed by atoms with van der Waals surface area (Å²) in [6.45, 7) is 0. The topological polar surface area (TPSA) is 26.0 Å². The molecular weight excluding hydrogens is 208 g/mol. The van der Waals surface area contributed by atoms with Crippen molar-refractivity contribution in [3.8, 4) is 0 Å². The summed E-state index contributed by atoms with van der Waals surface area (Å²) in [5.41, 5.74) is 5.73. The molecular formula is C13H11F2N. The molecule has 2 N–H and O–H groups in total. The van der Waals surface area contributed by atoms with E-state index in [0.717, 1.165) is 0 Å². The van der Waals surface area contributed by atoms with Gasteiger partial charge in [-0.2, -0.15) is 8.78 Å². The molecule has 0 saturated heterocycles. The van der Waals surface area contributed by atoms with E-state index in [1.807, 2.05) is 0 Å². The quantitative estimate of drug-likeness (QED) is 0.769. The normalized spacial score (nSPS) is 11.4. The van der Waals surface area contributed by atoms with E-state index in [9.17, 15) is 8.78 Å². The Morgan fingerprint density at radius 3 is 2.06 bits per heavy atom. The fourth-order valence-corrected chi connectivity index (χ4v) is 1.55. The van der Waals surface area contributed by atoms with Crippen molar-refractivity contribution in [1.82, 2.24) is 0 Å². The van der Waals surface area contributed by atoms with E-state index in [-0.39, 0.29) is 11.1 Å². The van der Waals surface area contributed by atoms with Gasteiger partial charge in [-0.3, -0.25) is 0 Å². The molecule has 1 nitrogen and oxygen atoms in total. The number of hydrogen-bond donors (Lipinski definition) is 1. The van der Waals surface area contributed by atoms with Gasteiger partial charge in [0.25, 0.3) is 5.92 Å². The molecule has 0 aromatic heterocycles. The van der Waals surface area contributed by atoms with Gasteiger partial charge in [0, 0.05) is 16.8 Å². The molecule has 2 aromatic carbocycles. The van der Waals surface area contributed by atoms with Gasteiger partial charge in [-0.1, -0.05) is 42.5 Å². The van der Waals surface area contributed by atoms with Crippen LogP contribution in [0.3, 0.4) is 0 Å². The van der Waals surface area contributed by atoms with Crippen molar-refractivity contribution < 1.29 is 8.78 Å². The Bertz CT molecular complexity index is 480. The Morgan fingerprint density at radius 2 is 1.44 bits per heavy atom. The highest BCUT2D eigenvalue weighted by Gasteiger charge is 2.33. The summed E-state index contributed by atoms with van der Waals surface area (Å²) in [5.74, 6) is -3.00. The van der Waals surface area contributed by atoms with Gasteiger partial charge in [-0.25, -0.2) is 0 Å². The summed E-state index contributed by atoms with van der Waals surface area (Å²) in [5, 5.41) is 0. The Labute approximate surface area is 92.5 Å². The minimum atomic E-state index is -3.00. The predicted molar refractivity (Wildman–Crippen MR) is 60.3 cm³/mol. The Balaban J connectivity index is 2.47. The monoisotopic (exact) mass is 219 g/mol. The van der Waals surface area contributed by atoms with Gasteiger partial charge in [0.1, 0.15) is 0 Å². The summed E-state index contributed by atoms with van der Waals surface area (Å²) in [6.07, 6.45) is 0. The maximum absolute atomic E-state index is 14.0. The first-order valence-corrected chi connectivity index (χ1v) is 4.90. The minimum Gasteiger partial charge on any atom is -0.399 e. The number of alkyl halides is 2. The molecule has 0 saturated carbocycles. The molecule has 0 radical (unpaired) electrons.